The van der Waals surface area contributed by atoms with E-state index in [4.69, 9.17) is 9.47 Å². The minimum absolute atomic E-state index is 0.00812. The molecule has 0 bridgehead atoms. The Bertz CT molecular complexity index is 1060. The van der Waals surface area contributed by atoms with Crippen LogP contribution >= 0.6 is 0 Å². The number of ether oxygens (including phenoxy) is 2. The van der Waals surface area contributed by atoms with Crippen molar-refractivity contribution in [2.75, 3.05) is 30.5 Å². The highest BCUT2D eigenvalue weighted by Gasteiger charge is 2.23. The van der Waals surface area contributed by atoms with Gasteiger partial charge in [0.2, 0.25) is 0 Å². The van der Waals surface area contributed by atoms with Gasteiger partial charge in [-0.2, -0.15) is 0 Å². The first-order chi connectivity index (χ1) is 15.1. The molecule has 0 spiro atoms. The van der Waals surface area contributed by atoms with E-state index in [9.17, 15) is 9.59 Å². The number of nitrogens with zero attached hydrogens (tertiary/aromatic N) is 1. The average Bonchev–Trinajstić information content (AvgIpc) is 2.82. The number of rotatable bonds is 6. The van der Waals surface area contributed by atoms with E-state index in [1.54, 1.807) is 31.4 Å². The minimum Gasteiger partial charge on any atom is -0.497 e. The standard InChI is InChI=1S/C25H24N2O4/c1-30-21-10-12-22(13-11-21)31-17-24(28)26-20-9-14-23-19(16-20)8-5-15-27(23)25(29)18-6-3-2-4-7-18/h2-4,6-7,9-14,16H,5,8,15,17H2,1H3,(H,26,28). The highest BCUT2D eigenvalue weighted by atomic mass is 16.5. The molecule has 31 heavy (non-hydrogen) atoms. The Morgan fingerprint density at radius 1 is 0.968 bits per heavy atom. The lowest BCUT2D eigenvalue weighted by Gasteiger charge is -2.30. The second kappa shape index (κ2) is 9.34. The molecule has 0 aromatic heterocycles. The van der Waals surface area contributed by atoms with Crippen molar-refractivity contribution < 1.29 is 19.1 Å². The maximum atomic E-state index is 12.9. The van der Waals surface area contributed by atoms with E-state index in [2.05, 4.69) is 5.32 Å². The Labute approximate surface area is 181 Å². The summed E-state index contributed by atoms with van der Waals surface area (Å²) in [6, 6.07) is 22.0. The monoisotopic (exact) mass is 416 g/mol. The number of benzene rings is 3. The largest absolute Gasteiger partial charge is 0.497 e. The van der Waals surface area contributed by atoms with E-state index in [-0.39, 0.29) is 18.4 Å². The third-order valence-electron chi connectivity index (χ3n) is 5.18. The lowest BCUT2D eigenvalue weighted by Crippen LogP contribution is -2.35. The van der Waals surface area contributed by atoms with E-state index >= 15 is 0 Å². The van der Waals surface area contributed by atoms with Crippen molar-refractivity contribution in [2.45, 2.75) is 12.8 Å². The Kier molecular flexibility index (Phi) is 6.17. The molecule has 0 fully saturated rings. The molecule has 0 saturated heterocycles. The van der Waals surface area contributed by atoms with Gasteiger partial charge in [-0.1, -0.05) is 18.2 Å². The van der Waals surface area contributed by atoms with Gasteiger partial charge in [0, 0.05) is 23.5 Å². The molecule has 4 rings (SSSR count). The molecule has 3 aromatic carbocycles. The van der Waals surface area contributed by atoms with E-state index in [0.717, 1.165) is 29.8 Å². The lowest BCUT2D eigenvalue weighted by molar-refractivity contribution is -0.118. The molecular formula is C25H24N2O4. The number of aryl methyl sites for hydroxylation is 1. The second-order valence-electron chi connectivity index (χ2n) is 7.28. The topological polar surface area (TPSA) is 67.9 Å². The van der Waals surface area contributed by atoms with E-state index in [0.29, 0.717) is 23.5 Å². The Morgan fingerprint density at radius 2 is 1.71 bits per heavy atom. The van der Waals surface area contributed by atoms with Gasteiger partial charge in [0.25, 0.3) is 11.8 Å². The average molecular weight is 416 g/mol. The van der Waals surface area contributed by atoms with Crippen molar-refractivity contribution in [3.63, 3.8) is 0 Å². The number of carbonyl (C=O) groups excluding carboxylic acids is 2. The summed E-state index contributed by atoms with van der Waals surface area (Å²) in [5, 5.41) is 2.87. The molecular weight excluding hydrogens is 392 g/mol. The van der Waals surface area contributed by atoms with Crippen LogP contribution in [-0.4, -0.2) is 32.1 Å². The van der Waals surface area contributed by atoms with Crippen molar-refractivity contribution in [1.29, 1.82) is 0 Å². The number of methoxy groups -OCH3 is 1. The normalized spacial score (nSPS) is 12.6. The van der Waals surface area contributed by atoms with Crippen molar-refractivity contribution in [3.05, 3.63) is 83.9 Å². The number of nitrogens with one attached hydrogen (secondary N) is 1. The fourth-order valence-electron chi connectivity index (χ4n) is 3.64. The highest BCUT2D eigenvalue weighted by molar-refractivity contribution is 6.07. The Hall–Kier alpha value is -3.80. The fourth-order valence-corrected chi connectivity index (χ4v) is 3.64. The van der Waals surface area contributed by atoms with Crippen LogP contribution in [0.25, 0.3) is 0 Å². The van der Waals surface area contributed by atoms with Crippen LogP contribution in [0, 0.1) is 0 Å². The number of carbonyl (C=O) groups is 2. The van der Waals surface area contributed by atoms with Crippen LogP contribution in [0.5, 0.6) is 11.5 Å². The predicted molar refractivity (Wildman–Crippen MR) is 120 cm³/mol. The molecule has 0 saturated carbocycles. The number of hydrogen-bond acceptors (Lipinski definition) is 4. The van der Waals surface area contributed by atoms with Gasteiger partial charge in [0.05, 0.1) is 7.11 Å². The van der Waals surface area contributed by atoms with Crippen molar-refractivity contribution in [1.82, 2.24) is 0 Å². The van der Waals surface area contributed by atoms with Gasteiger partial charge in [-0.15, -0.1) is 0 Å². The first-order valence-corrected chi connectivity index (χ1v) is 10.2. The number of hydrogen-bond donors (Lipinski definition) is 1. The number of amides is 2. The Balaban J connectivity index is 1.40. The first-order valence-electron chi connectivity index (χ1n) is 10.2. The molecule has 1 aliphatic heterocycles. The molecule has 3 aromatic rings. The molecule has 158 valence electrons. The maximum Gasteiger partial charge on any atom is 0.262 e. The van der Waals surface area contributed by atoms with Crippen LogP contribution in [0.4, 0.5) is 11.4 Å². The van der Waals surface area contributed by atoms with Gasteiger partial charge >= 0.3 is 0 Å². The molecule has 0 aliphatic carbocycles. The smallest absolute Gasteiger partial charge is 0.262 e. The molecule has 2 amide bonds. The Morgan fingerprint density at radius 3 is 2.45 bits per heavy atom. The number of fused-ring (bicyclic) bond motifs is 1. The summed E-state index contributed by atoms with van der Waals surface area (Å²) in [5.41, 5.74) is 3.30. The van der Waals surface area contributed by atoms with Crippen molar-refractivity contribution in [3.8, 4) is 11.5 Å². The van der Waals surface area contributed by atoms with Gasteiger partial charge in [-0.3, -0.25) is 9.59 Å². The summed E-state index contributed by atoms with van der Waals surface area (Å²) in [6.45, 7) is 0.587. The van der Waals surface area contributed by atoms with E-state index in [1.165, 1.54) is 0 Å². The predicted octanol–water partition coefficient (Wildman–Crippen LogP) is 4.31. The molecule has 0 radical (unpaired) electrons. The van der Waals surface area contributed by atoms with Crippen LogP contribution in [0.1, 0.15) is 22.3 Å². The summed E-state index contributed by atoms with van der Waals surface area (Å²) in [7, 11) is 1.60. The molecule has 6 nitrogen and oxygen atoms in total. The van der Waals surface area contributed by atoms with Gasteiger partial charge < -0.3 is 19.7 Å². The van der Waals surface area contributed by atoms with E-state index in [1.807, 2.05) is 53.4 Å². The van der Waals surface area contributed by atoms with Gasteiger partial charge in [0.1, 0.15) is 11.5 Å². The third-order valence-corrected chi connectivity index (χ3v) is 5.18. The quantitative estimate of drug-likeness (QED) is 0.650. The summed E-state index contributed by atoms with van der Waals surface area (Å²) in [5.74, 6) is 1.07. The van der Waals surface area contributed by atoms with Crippen LogP contribution in [0.15, 0.2) is 72.8 Å². The van der Waals surface area contributed by atoms with Crippen LogP contribution in [0.3, 0.4) is 0 Å². The first kappa shape index (κ1) is 20.5. The van der Waals surface area contributed by atoms with Gasteiger partial charge in [0.15, 0.2) is 6.61 Å². The lowest BCUT2D eigenvalue weighted by atomic mass is 10.00. The molecule has 0 atom stereocenters. The van der Waals surface area contributed by atoms with E-state index < -0.39 is 0 Å². The zero-order valence-corrected chi connectivity index (χ0v) is 17.3. The van der Waals surface area contributed by atoms with Crippen LogP contribution in [0.2, 0.25) is 0 Å². The van der Waals surface area contributed by atoms with Crippen molar-refractivity contribution in [2.24, 2.45) is 0 Å². The van der Waals surface area contributed by atoms with Crippen molar-refractivity contribution >= 4 is 23.2 Å². The number of anilines is 2. The minimum atomic E-state index is -0.246. The summed E-state index contributed by atoms with van der Waals surface area (Å²) < 4.78 is 10.6. The van der Waals surface area contributed by atoms with Gasteiger partial charge in [-0.25, -0.2) is 0 Å². The third kappa shape index (κ3) is 4.86. The molecule has 1 aliphatic rings. The molecule has 1 heterocycles. The molecule has 0 unspecified atom stereocenters. The SMILES string of the molecule is COc1ccc(OCC(=O)Nc2ccc3c(c2)CCCN3C(=O)c2ccccc2)cc1. The fraction of sp³-hybridized carbons (Fsp3) is 0.200. The van der Waals surface area contributed by atoms with Crippen LogP contribution in [-0.2, 0) is 11.2 Å². The zero-order chi connectivity index (χ0) is 21.6. The van der Waals surface area contributed by atoms with Gasteiger partial charge in [-0.05, 0) is 73.0 Å². The second-order valence-corrected chi connectivity index (χ2v) is 7.28. The summed E-state index contributed by atoms with van der Waals surface area (Å²) >= 11 is 0. The highest BCUT2D eigenvalue weighted by Crippen LogP contribution is 2.31. The zero-order valence-electron chi connectivity index (χ0n) is 17.3. The van der Waals surface area contributed by atoms with Crippen LogP contribution < -0.4 is 19.7 Å². The molecule has 6 heteroatoms. The molecule has 1 N–H and O–H groups in total. The summed E-state index contributed by atoms with van der Waals surface area (Å²) in [6.07, 6.45) is 1.74. The maximum absolute atomic E-state index is 12.9. The summed E-state index contributed by atoms with van der Waals surface area (Å²) in [4.78, 5) is 27.0.